The summed E-state index contributed by atoms with van der Waals surface area (Å²) < 4.78 is 7.14. The van der Waals surface area contributed by atoms with Crippen molar-refractivity contribution in [3.63, 3.8) is 0 Å². The zero-order chi connectivity index (χ0) is 13.0. The van der Waals surface area contributed by atoms with Crippen molar-refractivity contribution in [1.82, 2.24) is 25.0 Å². The van der Waals surface area contributed by atoms with E-state index in [1.165, 1.54) is 0 Å². The quantitative estimate of drug-likeness (QED) is 0.838. The van der Waals surface area contributed by atoms with Crippen molar-refractivity contribution < 1.29 is 4.52 Å². The maximum atomic E-state index is 5.27. The third kappa shape index (κ3) is 2.76. The molecule has 1 unspecified atom stereocenters. The molecule has 6 heteroatoms. The van der Waals surface area contributed by atoms with E-state index in [-0.39, 0.29) is 0 Å². The van der Waals surface area contributed by atoms with Crippen LogP contribution in [0.5, 0.6) is 0 Å². The van der Waals surface area contributed by atoms with Crippen molar-refractivity contribution in [1.29, 1.82) is 0 Å². The number of aromatic nitrogens is 4. The summed E-state index contributed by atoms with van der Waals surface area (Å²) in [5.74, 6) is 1.92. The Morgan fingerprint density at radius 1 is 1.44 bits per heavy atom. The molecule has 0 aromatic carbocycles. The van der Waals surface area contributed by atoms with E-state index in [4.69, 9.17) is 4.52 Å². The van der Waals surface area contributed by atoms with E-state index >= 15 is 0 Å². The SMILES string of the molecule is CCNC(CC)Cc1nc(-c2nccn2C)no1. The molecule has 2 aromatic rings. The van der Waals surface area contributed by atoms with Gasteiger partial charge in [0, 0.05) is 31.9 Å². The number of hydrogen-bond donors (Lipinski definition) is 1. The molecule has 2 rings (SSSR count). The second-order valence-electron chi connectivity index (χ2n) is 4.24. The molecule has 2 heterocycles. The molecule has 0 amide bonds. The maximum absolute atomic E-state index is 5.27. The van der Waals surface area contributed by atoms with Crippen molar-refractivity contribution >= 4 is 0 Å². The van der Waals surface area contributed by atoms with Gasteiger partial charge in [-0.15, -0.1) is 0 Å². The molecule has 6 nitrogen and oxygen atoms in total. The summed E-state index contributed by atoms with van der Waals surface area (Å²) in [5, 5.41) is 7.36. The first-order chi connectivity index (χ1) is 8.74. The molecule has 2 aromatic heterocycles. The Labute approximate surface area is 106 Å². The van der Waals surface area contributed by atoms with Gasteiger partial charge in [-0.2, -0.15) is 4.98 Å². The van der Waals surface area contributed by atoms with Crippen molar-refractivity contribution in [2.45, 2.75) is 32.7 Å². The monoisotopic (exact) mass is 249 g/mol. The van der Waals surface area contributed by atoms with Crippen LogP contribution >= 0.6 is 0 Å². The van der Waals surface area contributed by atoms with Crippen molar-refractivity contribution in [2.75, 3.05) is 6.54 Å². The molecular weight excluding hydrogens is 230 g/mol. The summed E-state index contributed by atoms with van der Waals surface area (Å²) in [5.41, 5.74) is 0. The molecule has 0 spiro atoms. The molecule has 0 fully saturated rings. The van der Waals surface area contributed by atoms with Crippen molar-refractivity contribution in [3.8, 4) is 11.6 Å². The lowest BCUT2D eigenvalue weighted by Crippen LogP contribution is -2.30. The molecule has 0 aliphatic carbocycles. The maximum Gasteiger partial charge on any atom is 0.238 e. The third-order valence-electron chi connectivity index (χ3n) is 2.90. The van der Waals surface area contributed by atoms with Crippen LogP contribution in [0.1, 0.15) is 26.2 Å². The van der Waals surface area contributed by atoms with Gasteiger partial charge in [0.2, 0.25) is 11.7 Å². The predicted octanol–water partition coefficient (Wildman–Crippen LogP) is 1.40. The highest BCUT2D eigenvalue weighted by molar-refractivity contribution is 5.42. The van der Waals surface area contributed by atoms with E-state index in [9.17, 15) is 0 Å². The number of rotatable bonds is 6. The molecule has 0 saturated carbocycles. The molecule has 0 saturated heterocycles. The Balaban J connectivity index is 2.09. The average Bonchev–Trinajstić information content (AvgIpc) is 2.97. The van der Waals surface area contributed by atoms with Gasteiger partial charge in [0.05, 0.1) is 0 Å². The minimum absolute atomic E-state index is 0.379. The lowest BCUT2D eigenvalue weighted by molar-refractivity contribution is 0.355. The van der Waals surface area contributed by atoms with E-state index in [0.29, 0.717) is 17.8 Å². The second kappa shape index (κ2) is 5.77. The fraction of sp³-hybridized carbons (Fsp3) is 0.583. The van der Waals surface area contributed by atoms with Crippen LogP contribution in [0.4, 0.5) is 0 Å². The number of likely N-dealkylation sites (N-methyl/N-ethyl adjacent to an activating group) is 1. The van der Waals surface area contributed by atoms with Crippen LogP contribution in [0, 0.1) is 0 Å². The van der Waals surface area contributed by atoms with Gasteiger partial charge in [0.1, 0.15) is 0 Å². The van der Waals surface area contributed by atoms with Crippen LogP contribution in [0.25, 0.3) is 11.6 Å². The first-order valence-electron chi connectivity index (χ1n) is 6.28. The molecule has 18 heavy (non-hydrogen) atoms. The second-order valence-corrected chi connectivity index (χ2v) is 4.24. The summed E-state index contributed by atoms with van der Waals surface area (Å²) in [6, 6.07) is 0.379. The Hall–Kier alpha value is -1.69. The van der Waals surface area contributed by atoms with Crippen LogP contribution in [0.15, 0.2) is 16.9 Å². The predicted molar refractivity (Wildman–Crippen MR) is 68.0 cm³/mol. The van der Waals surface area contributed by atoms with Crippen LogP contribution < -0.4 is 5.32 Å². The van der Waals surface area contributed by atoms with E-state index < -0.39 is 0 Å². The van der Waals surface area contributed by atoms with Gasteiger partial charge in [-0.25, -0.2) is 4.98 Å². The number of aryl methyl sites for hydroxylation is 1. The Bertz CT molecular complexity index is 490. The van der Waals surface area contributed by atoms with Gasteiger partial charge in [-0.3, -0.25) is 0 Å². The van der Waals surface area contributed by atoms with Gasteiger partial charge in [0.15, 0.2) is 5.82 Å². The summed E-state index contributed by atoms with van der Waals surface area (Å²) in [4.78, 5) is 8.58. The topological polar surface area (TPSA) is 68.8 Å². The van der Waals surface area contributed by atoms with Gasteiger partial charge < -0.3 is 14.4 Å². The van der Waals surface area contributed by atoms with Crippen LogP contribution in [-0.2, 0) is 13.5 Å². The average molecular weight is 249 g/mol. The standard InChI is InChI=1S/C12H19N5O/c1-4-9(13-5-2)8-10-15-11(16-18-10)12-14-6-7-17(12)3/h6-7,9,13H,4-5,8H2,1-3H3. The molecule has 0 radical (unpaired) electrons. The fourth-order valence-corrected chi connectivity index (χ4v) is 1.87. The first kappa shape index (κ1) is 12.8. The van der Waals surface area contributed by atoms with E-state index in [1.807, 2.05) is 17.8 Å². The van der Waals surface area contributed by atoms with Gasteiger partial charge in [-0.1, -0.05) is 19.0 Å². The molecule has 98 valence electrons. The lowest BCUT2D eigenvalue weighted by Gasteiger charge is -2.12. The number of hydrogen-bond acceptors (Lipinski definition) is 5. The molecule has 0 aliphatic heterocycles. The number of nitrogens with one attached hydrogen (secondary N) is 1. The minimum atomic E-state index is 0.379. The normalized spacial score (nSPS) is 12.8. The third-order valence-corrected chi connectivity index (χ3v) is 2.90. The van der Waals surface area contributed by atoms with Crippen LogP contribution in [0.3, 0.4) is 0 Å². The summed E-state index contributed by atoms with van der Waals surface area (Å²) in [7, 11) is 1.91. The minimum Gasteiger partial charge on any atom is -0.339 e. The molecule has 0 aliphatic rings. The Morgan fingerprint density at radius 3 is 2.89 bits per heavy atom. The van der Waals surface area contributed by atoms with Crippen LogP contribution in [-0.4, -0.2) is 32.3 Å². The first-order valence-corrected chi connectivity index (χ1v) is 6.28. The summed E-state index contributed by atoms with van der Waals surface area (Å²) >= 11 is 0. The molecule has 1 N–H and O–H groups in total. The van der Waals surface area contributed by atoms with Gasteiger partial charge in [0.25, 0.3) is 0 Å². The highest BCUT2D eigenvalue weighted by Gasteiger charge is 2.15. The zero-order valence-electron chi connectivity index (χ0n) is 11.1. The number of imidazole rings is 1. The molecular formula is C12H19N5O. The molecule has 0 bridgehead atoms. The van der Waals surface area contributed by atoms with Gasteiger partial charge >= 0.3 is 0 Å². The van der Waals surface area contributed by atoms with E-state index in [2.05, 4.69) is 34.3 Å². The van der Waals surface area contributed by atoms with Crippen molar-refractivity contribution in [2.24, 2.45) is 7.05 Å². The Morgan fingerprint density at radius 2 is 2.28 bits per heavy atom. The van der Waals surface area contributed by atoms with Crippen LogP contribution in [0.2, 0.25) is 0 Å². The summed E-state index contributed by atoms with van der Waals surface area (Å²) in [6.45, 7) is 5.18. The Kier molecular flexibility index (Phi) is 4.09. The number of nitrogens with zero attached hydrogens (tertiary/aromatic N) is 4. The molecule has 1 atom stereocenters. The summed E-state index contributed by atoms with van der Waals surface area (Å²) in [6.07, 6.45) is 5.37. The highest BCUT2D eigenvalue weighted by atomic mass is 16.5. The van der Waals surface area contributed by atoms with Gasteiger partial charge in [-0.05, 0) is 13.0 Å². The smallest absolute Gasteiger partial charge is 0.238 e. The zero-order valence-corrected chi connectivity index (χ0v) is 11.1. The van der Waals surface area contributed by atoms with Crippen molar-refractivity contribution in [3.05, 3.63) is 18.3 Å². The largest absolute Gasteiger partial charge is 0.339 e. The van der Waals surface area contributed by atoms with E-state index in [0.717, 1.165) is 25.2 Å². The van der Waals surface area contributed by atoms with E-state index in [1.54, 1.807) is 6.20 Å². The lowest BCUT2D eigenvalue weighted by atomic mass is 10.1. The fourth-order valence-electron chi connectivity index (χ4n) is 1.87. The highest BCUT2D eigenvalue weighted by Crippen LogP contribution is 2.13.